The van der Waals surface area contributed by atoms with Gasteiger partial charge < -0.3 is 16.4 Å². The highest BCUT2D eigenvalue weighted by atomic mass is 35.5. The Labute approximate surface area is 234 Å². The number of carbonyl (C=O) groups excluding carboxylic acids is 1. The first-order chi connectivity index (χ1) is 18.9. The Morgan fingerprint density at radius 2 is 1.82 bits per heavy atom. The lowest BCUT2D eigenvalue weighted by Gasteiger charge is -2.26. The molecule has 8 nitrogen and oxygen atoms in total. The third-order valence-electron chi connectivity index (χ3n) is 7.47. The number of fused-ring (bicyclic) bond motifs is 1. The molecule has 3 atom stereocenters. The number of carbonyl (C=O) groups is 1. The molecular weight excluding hydrogens is 510 g/mol. The maximum Gasteiger partial charge on any atom is 0.237 e. The summed E-state index contributed by atoms with van der Waals surface area (Å²) in [5, 5.41) is 15.8. The quantitative estimate of drug-likeness (QED) is 0.267. The van der Waals surface area contributed by atoms with Gasteiger partial charge in [-0.05, 0) is 60.2 Å². The number of nitrogens with zero attached hydrogens (tertiary/aromatic N) is 4. The van der Waals surface area contributed by atoms with Crippen molar-refractivity contribution in [2.24, 2.45) is 12.8 Å². The summed E-state index contributed by atoms with van der Waals surface area (Å²) in [6.45, 7) is 2.62. The molecule has 1 fully saturated rings. The van der Waals surface area contributed by atoms with Gasteiger partial charge in [0.05, 0.1) is 11.6 Å². The van der Waals surface area contributed by atoms with E-state index in [0.29, 0.717) is 13.1 Å². The maximum atomic E-state index is 13.4. The number of amides is 1. The zero-order chi connectivity index (χ0) is 27.2. The first kappa shape index (κ1) is 27.3. The Morgan fingerprint density at radius 3 is 2.62 bits per heavy atom. The summed E-state index contributed by atoms with van der Waals surface area (Å²) in [5.41, 5.74) is 11.8. The number of halogens is 1. The van der Waals surface area contributed by atoms with Crippen molar-refractivity contribution in [3.8, 4) is 0 Å². The third kappa shape index (κ3) is 7.22. The minimum atomic E-state index is -0.240. The number of rotatable bonds is 11. The monoisotopic (exact) mass is 545 g/mol. The van der Waals surface area contributed by atoms with E-state index in [9.17, 15) is 4.79 Å². The summed E-state index contributed by atoms with van der Waals surface area (Å²) in [7, 11) is 1.87. The van der Waals surface area contributed by atoms with Crippen molar-refractivity contribution in [1.82, 2.24) is 30.5 Å². The van der Waals surface area contributed by atoms with Crippen molar-refractivity contribution in [3.63, 3.8) is 0 Å². The van der Waals surface area contributed by atoms with E-state index in [-0.39, 0.29) is 24.0 Å². The van der Waals surface area contributed by atoms with E-state index in [4.69, 9.17) is 17.3 Å². The van der Waals surface area contributed by atoms with Crippen molar-refractivity contribution in [1.29, 1.82) is 0 Å². The van der Waals surface area contributed by atoms with E-state index in [1.807, 2.05) is 55.6 Å². The minimum absolute atomic E-state index is 0.0189. The molecule has 3 aromatic carbocycles. The van der Waals surface area contributed by atoms with Crippen molar-refractivity contribution in [3.05, 3.63) is 94.5 Å². The Morgan fingerprint density at radius 1 is 1.05 bits per heavy atom. The third-order valence-corrected chi connectivity index (χ3v) is 7.72. The number of hydrogen-bond acceptors (Lipinski definition) is 6. The first-order valence-corrected chi connectivity index (χ1v) is 13.9. The second-order valence-electron chi connectivity index (χ2n) is 10.4. The molecule has 1 amide bonds. The molecular formula is C30H36ClN7O. The molecule has 2 heterocycles. The smallest absolute Gasteiger partial charge is 0.237 e. The maximum absolute atomic E-state index is 13.4. The Hall–Kier alpha value is -3.30. The summed E-state index contributed by atoms with van der Waals surface area (Å²) >= 11 is 6.04. The second kappa shape index (κ2) is 12.7. The van der Waals surface area contributed by atoms with Crippen molar-refractivity contribution in [2.45, 2.75) is 50.5 Å². The molecule has 4 aromatic rings. The number of likely N-dealkylation sites (tertiary alicyclic amines) is 1. The van der Waals surface area contributed by atoms with Gasteiger partial charge in [-0.3, -0.25) is 9.69 Å². The van der Waals surface area contributed by atoms with E-state index in [1.165, 1.54) is 5.56 Å². The summed E-state index contributed by atoms with van der Waals surface area (Å²) in [6.07, 6.45) is 2.53. The fourth-order valence-corrected chi connectivity index (χ4v) is 5.41. The van der Waals surface area contributed by atoms with Gasteiger partial charge in [0.25, 0.3) is 0 Å². The topological polar surface area (TPSA) is 101 Å². The number of aryl methyl sites for hydroxylation is 2. The van der Waals surface area contributed by atoms with Gasteiger partial charge in [-0.1, -0.05) is 65.3 Å². The van der Waals surface area contributed by atoms with Crippen LogP contribution in [0.3, 0.4) is 0 Å². The van der Waals surface area contributed by atoms with Crippen LogP contribution in [-0.2, 0) is 31.4 Å². The van der Waals surface area contributed by atoms with Crippen LogP contribution in [0.2, 0.25) is 5.02 Å². The molecule has 9 heteroatoms. The van der Waals surface area contributed by atoms with Gasteiger partial charge in [0, 0.05) is 50.3 Å². The second-order valence-corrected chi connectivity index (χ2v) is 10.9. The standard InChI is InChI=1S/C30H36ClN7O/c1-37-28-14-10-23(15-27(28)35-36-37)18-34-30(39)29-16-26(33-17-22-7-11-24(31)12-8-22)20-38(29)19-25(32)13-9-21-5-3-2-4-6-21/h2-8,10-12,14-15,25-26,29,33H,9,13,16-20,32H2,1H3,(H,34,39). The molecule has 5 rings (SSSR count). The molecule has 1 aromatic heterocycles. The molecule has 3 unspecified atom stereocenters. The number of nitrogens with one attached hydrogen (secondary N) is 2. The SMILES string of the molecule is Cn1nnc2cc(CNC(=O)C3CC(NCc4ccc(Cl)cc4)CN3CC(N)CCc3ccccc3)ccc21. The number of aromatic nitrogens is 3. The minimum Gasteiger partial charge on any atom is -0.351 e. The summed E-state index contributed by atoms with van der Waals surface area (Å²) in [5.74, 6) is 0.0281. The van der Waals surface area contributed by atoms with Crippen LogP contribution in [0, 0.1) is 0 Å². The van der Waals surface area contributed by atoms with E-state index in [0.717, 1.165) is 59.5 Å². The van der Waals surface area contributed by atoms with Crippen molar-refractivity contribution < 1.29 is 4.79 Å². The lowest BCUT2D eigenvalue weighted by molar-refractivity contribution is -0.125. The molecule has 0 bridgehead atoms. The molecule has 39 heavy (non-hydrogen) atoms. The average Bonchev–Trinajstić information content (AvgIpc) is 3.53. The van der Waals surface area contributed by atoms with Crippen molar-refractivity contribution >= 4 is 28.5 Å². The zero-order valence-electron chi connectivity index (χ0n) is 22.3. The number of nitrogens with two attached hydrogens (primary N) is 1. The van der Waals surface area contributed by atoms with Gasteiger partial charge in [-0.15, -0.1) is 5.10 Å². The normalized spacial score (nSPS) is 18.4. The van der Waals surface area contributed by atoms with E-state index in [1.54, 1.807) is 4.68 Å². The van der Waals surface area contributed by atoms with E-state index in [2.05, 4.69) is 50.1 Å². The van der Waals surface area contributed by atoms with Crippen LogP contribution in [0.5, 0.6) is 0 Å². The highest BCUT2D eigenvalue weighted by Gasteiger charge is 2.37. The van der Waals surface area contributed by atoms with E-state index >= 15 is 0 Å². The van der Waals surface area contributed by atoms with Crippen LogP contribution in [0.4, 0.5) is 0 Å². The van der Waals surface area contributed by atoms with Gasteiger partial charge in [-0.2, -0.15) is 0 Å². The summed E-state index contributed by atoms with van der Waals surface area (Å²) in [6, 6.07) is 24.2. The highest BCUT2D eigenvalue weighted by Crippen LogP contribution is 2.21. The molecule has 0 radical (unpaired) electrons. The Kier molecular flexibility index (Phi) is 8.88. The average molecular weight is 546 g/mol. The highest BCUT2D eigenvalue weighted by molar-refractivity contribution is 6.30. The molecule has 0 spiro atoms. The first-order valence-electron chi connectivity index (χ1n) is 13.5. The number of benzene rings is 3. The number of hydrogen-bond donors (Lipinski definition) is 3. The largest absolute Gasteiger partial charge is 0.351 e. The van der Waals surface area contributed by atoms with Gasteiger partial charge in [-0.25, -0.2) is 4.68 Å². The molecule has 4 N–H and O–H groups in total. The predicted molar refractivity (Wildman–Crippen MR) is 155 cm³/mol. The van der Waals surface area contributed by atoms with E-state index < -0.39 is 0 Å². The molecule has 1 aliphatic heterocycles. The zero-order valence-corrected chi connectivity index (χ0v) is 23.0. The molecule has 1 saturated heterocycles. The van der Waals surface area contributed by atoms with Gasteiger partial charge >= 0.3 is 0 Å². The van der Waals surface area contributed by atoms with Crippen molar-refractivity contribution in [2.75, 3.05) is 13.1 Å². The van der Waals surface area contributed by atoms with Gasteiger partial charge in [0.15, 0.2) is 0 Å². The lowest BCUT2D eigenvalue weighted by Crippen LogP contribution is -2.47. The van der Waals surface area contributed by atoms with Crippen LogP contribution in [-0.4, -0.2) is 57.0 Å². The molecule has 204 valence electrons. The lowest BCUT2D eigenvalue weighted by atomic mass is 10.0. The van der Waals surface area contributed by atoms with Crippen LogP contribution >= 0.6 is 11.6 Å². The van der Waals surface area contributed by atoms with Crippen LogP contribution in [0.25, 0.3) is 11.0 Å². The van der Waals surface area contributed by atoms with Gasteiger partial charge in [0.1, 0.15) is 5.52 Å². The van der Waals surface area contributed by atoms with Gasteiger partial charge in [0.2, 0.25) is 5.91 Å². The molecule has 1 aliphatic rings. The fraction of sp³-hybridized carbons (Fsp3) is 0.367. The Balaban J connectivity index is 1.21. The van der Waals surface area contributed by atoms with Crippen LogP contribution in [0.15, 0.2) is 72.8 Å². The predicted octanol–water partition coefficient (Wildman–Crippen LogP) is 3.43. The molecule has 0 aliphatic carbocycles. The summed E-state index contributed by atoms with van der Waals surface area (Å²) in [4.78, 5) is 15.7. The van der Waals surface area contributed by atoms with Crippen LogP contribution < -0.4 is 16.4 Å². The molecule has 0 saturated carbocycles. The van der Waals surface area contributed by atoms with Crippen LogP contribution in [0.1, 0.15) is 29.5 Å². The Bertz CT molecular complexity index is 1380. The fourth-order valence-electron chi connectivity index (χ4n) is 5.28. The summed E-state index contributed by atoms with van der Waals surface area (Å²) < 4.78 is 1.74.